The molecule has 1 amide bonds. The van der Waals surface area contributed by atoms with Gasteiger partial charge in [0.2, 0.25) is 5.91 Å². The molecule has 2 atom stereocenters. The minimum Gasteiger partial charge on any atom is -0.353 e. The van der Waals surface area contributed by atoms with Gasteiger partial charge in [0.15, 0.2) is 0 Å². The second-order valence-electron chi connectivity index (χ2n) is 3.73. The Bertz CT molecular complexity index is 172. The van der Waals surface area contributed by atoms with Crippen molar-refractivity contribution in [1.29, 1.82) is 0 Å². The highest BCUT2D eigenvalue weighted by Gasteiger charge is 2.24. The molecule has 13 heavy (non-hydrogen) atoms. The van der Waals surface area contributed by atoms with Crippen LogP contribution in [0.5, 0.6) is 0 Å². The quantitative estimate of drug-likeness (QED) is 0.701. The third kappa shape index (κ3) is 3.18. The molecule has 2 unspecified atom stereocenters. The number of alkyl halides is 1. The van der Waals surface area contributed by atoms with Crippen molar-refractivity contribution in [1.82, 2.24) is 5.32 Å². The number of carbonyl (C=O) groups excluding carboxylic acids is 1. The molecular formula is C10H18ClNO. The van der Waals surface area contributed by atoms with Gasteiger partial charge in [-0.2, -0.15) is 0 Å². The van der Waals surface area contributed by atoms with Gasteiger partial charge >= 0.3 is 0 Å². The Kier molecular flexibility index (Phi) is 4.57. The second-order valence-corrected chi connectivity index (χ2v) is 4.04. The number of hydrogen-bond donors (Lipinski definition) is 1. The first kappa shape index (κ1) is 10.8. The van der Waals surface area contributed by atoms with E-state index in [2.05, 4.69) is 5.32 Å². The predicted octanol–water partition coefficient (Wildman–Crippen LogP) is 2.31. The molecule has 0 aliphatic heterocycles. The zero-order chi connectivity index (χ0) is 9.68. The molecule has 1 aliphatic carbocycles. The van der Waals surface area contributed by atoms with Crippen molar-refractivity contribution in [3.8, 4) is 0 Å². The maximum absolute atomic E-state index is 11.2. The summed E-state index contributed by atoms with van der Waals surface area (Å²) in [5.41, 5.74) is 0. The molecule has 0 aromatic carbocycles. The van der Waals surface area contributed by atoms with Gasteiger partial charge < -0.3 is 5.32 Å². The highest BCUT2D eigenvalue weighted by atomic mass is 35.5. The first-order valence-electron chi connectivity index (χ1n) is 5.13. The molecular weight excluding hydrogens is 186 g/mol. The lowest BCUT2D eigenvalue weighted by molar-refractivity contribution is -0.122. The van der Waals surface area contributed by atoms with E-state index in [1.807, 2.05) is 6.92 Å². The van der Waals surface area contributed by atoms with Gasteiger partial charge in [0.05, 0.1) is 0 Å². The van der Waals surface area contributed by atoms with E-state index in [1.165, 1.54) is 12.8 Å². The maximum Gasteiger partial charge on any atom is 0.219 e. The Balaban J connectivity index is 2.40. The standard InChI is InChI=1S/C10H18ClNO/c1-2-10(13)12-9-6-4-3-5-8(9)7-11/h8-9H,2-7H2,1H3,(H,12,13). The zero-order valence-electron chi connectivity index (χ0n) is 8.18. The molecule has 1 N–H and O–H groups in total. The minimum atomic E-state index is 0.155. The Labute approximate surface area is 85.0 Å². The summed E-state index contributed by atoms with van der Waals surface area (Å²) in [5, 5.41) is 3.05. The van der Waals surface area contributed by atoms with E-state index in [0.717, 1.165) is 12.8 Å². The predicted molar refractivity (Wildman–Crippen MR) is 54.9 cm³/mol. The number of carbonyl (C=O) groups is 1. The van der Waals surface area contributed by atoms with Crippen LogP contribution in [-0.2, 0) is 4.79 Å². The minimum absolute atomic E-state index is 0.155. The van der Waals surface area contributed by atoms with E-state index in [1.54, 1.807) is 0 Å². The molecule has 1 aliphatic rings. The summed E-state index contributed by atoms with van der Waals surface area (Å²) in [6, 6.07) is 0.332. The normalized spacial score (nSPS) is 28.5. The molecule has 0 aromatic rings. The van der Waals surface area contributed by atoms with Crippen molar-refractivity contribution in [2.75, 3.05) is 5.88 Å². The molecule has 76 valence electrons. The average Bonchev–Trinajstić information content (AvgIpc) is 2.18. The van der Waals surface area contributed by atoms with E-state index < -0.39 is 0 Å². The molecule has 0 spiro atoms. The average molecular weight is 204 g/mol. The molecule has 2 nitrogen and oxygen atoms in total. The Morgan fingerprint density at radius 2 is 2.15 bits per heavy atom. The third-order valence-corrected chi connectivity index (χ3v) is 3.17. The lowest BCUT2D eigenvalue weighted by Gasteiger charge is -2.30. The topological polar surface area (TPSA) is 29.1 Å². The summed E-state index contributed by atoms with van der Waals surface area (Å²) in [6.07, 6.45) is 5.32. The molecule has 1 saturated carbocycles. The Morgan fingerprint density at radius 1 is 1.46 bits per heavy atom. The van der Waals surface area contributed by atoms with Crippen LogP contribution in [0.1, 0.15) is 39.0 Å². The molecule has 0 radical (unpaired) electrons. The second kappa shape index (κ2) is 5.48. The van der Waals surface area contributed by atoms with Crippen molar-refractivity contribution in [3.63, 3.8) is 0 Å². The van der Waals surface area contributed by atoms with Gasteiger partial charge in [0, 0.05) is 18.3 Å². The summed E-state index contributed by atoms with van der Waals surface area (Å²) < 4.78 is 0. The number of rotatable bonds is 3. The third-order valence-electron chi connectivity index (χ3n) is 2.77. The molecule has 0 aromatic heterocycles. The summed E-state index contributed by atoms with van der Waals surface area (Å²) in [5.74, 6) is 1.32. The molecule has 1 rings (SSSR count). The highest BCUT2D eigenvalue weighted by molar-refractivity contribution is 6.18. The SMILES string of the molecule is CCC(=O)NC1CCCCC1CCl. The molecule has 0 saturated heterocycles. The smallest absolute Gasteiger partial charge is 0.219 e. The summed E-state index contributed by atoms with van der Waals surface area (Å²) in [7, 11) is 0. The van der Waals surface area contributed by atoms with Gasteiger partial charge in [-0.05, 0) is 18.8 Å². The van der Waals surface area contributed by atoms with Crippen molar-refractivity contribution in [2.24, 2.45) is 5.92 Å². The van der Waals surface area contributed by atoms with E-state index in [0.29, 0.717) is 24.3 Å². The number of amides is 1. The summed E-state index contributed by atoms with van der Waals surface area (Å²) in [6.45, 7) is 1.88. The number of nitrogens with one attached hydrogen (secondary N) is 1. The van der Waals surface area contributed by atoms with Crippen molar-refractivity contribution in [3.05, 3.63) is 0 Å². The van der Waals surface area contributed by atoms with Crippen LogP contribution in [0.4, 0.5) is 0 Å². The van der Waals surface area contributed by atoms with E-state index in [9.17, 15) is 4.79 Å². The van der Waals surface area contributed by atoms with E-state index in [4.69, 9.17) is 11.6 Å². The van der Waals surface area contributed by atoms with Gasteiger partial charge in [-0.25, -0.2) is 0 Å². The molecule has 1 fully saturated rings. The van der Waals surface area contributed by atoms with Crippen molar-refractivity contribution < 1.29 is 4.79 Å². The van der Waals surface area contributed by atoms with Crippen LogP contribution in [0, 0.1) is 5.92 Å². The lowest BCUT2D eigenvalue weighted by Crippen LogP contribution is -2.42. The fourth-order valence-electron chi connectivity index (χ4n) is 1.89. The van der Waals surface area contributed by atoms with Gasteiger partial charge in [-0.1, -0.05) is 19.8 Å². The van der Waals surface area contributed by atoms with Crippen LogP contribution in [0.25, 0.3) is 0 Å². The first-order chi connectivity index (χ1) is 6.27. The zero-order valence-corrected chi connectivity index (χ0v) is 8.94. The van der Waals surface area contributed by atoms with Crippen LogP contribution in [0.3, 0.4) is 0 Å². The monoisotopic (exact) mass is 203 g/mol. The van der Waals surface area contributed by atoms with Gasteiger partial charge in [-0.15, -0.1) is 11.6 Å². The number of halogens is 1. The maximum atomic E-state index is 11.2. The van der Waals surface area contributed by atoms with Gasteiger partial charge in [0.25, 0.3) is 0 Å². The van der Waals surface area contributed by atoms with Crippen LogP contribution < -0.4 is 5.32 Å². The number of hydrogen-bond acceptors (Lipinski definition) is 1. The Hall–Kier alpha value is -0.240. The summed E-state index contributed by atoms with van der Waals surface area (Å²) >= 11 is 5.85. The lowest BCUT2D eigenvalue weighted by atomic mass is 9.86. The summed E-state index contributed by atoms with van der Waals surface area (Å²) in [4.78, 5) is 11.2. The molecule has 3 heteroatoms. The first-order valence-corrected chi connectivity index (χ1v) is 5.66. The molecule has 0 heterocycles. The van der Waals surface area contributed by atoms with Crippen LogP contribution >= 0.6 is 11.6 Å². The van der Waals surface area contributed by atoms with Gasteiger partial charge in [0.1, 0.15) is 0 Å². The van der Waals surface area contributed by atoms with Crippen LogP contribution in [-0.4, -0.2) is 17.8 Å². The van der Waals surface area contributed by atoms with Crippen LogP contribution in [0.15, 0.2) is 0 Å². The highest BCUT2D eigenvalue weighted by Crippen LogP contribution is 2.25. The van der Waals surface area contributed by atoms with Crippen molar-refractivity contribution in [2.45, 2.75) is 45.1 Å². The van der Waals surface area contributed by atoms with Crippen molar-refractivity contribution >= 4 is 17.5 Å². The van der Waals surface area contributed by atoms with Crippen LogP contribution in [0.2, 0.25) is 0 Å². The molecule has 0 bridgehead atoms. The van der Waals surface area contributed by atoms with E-state index >= 15 is 0 Å². The fourth-order valence-corrected chi connectivity index (χ4v) is 2.26. The Morgan fingerprint density at radius 3 is 2.77 bits per heavy atom. The van der Waals surface area contributed by atoms with E-state index in [-0.39, 0.29) is 5.91 Å². The largest absolute Gasteiger partial charge is 0.353 e. The van der Waals surface area contributed by atoms with Gasteiger partial charge in [-0.3, -0.25) is 4.79 Å². The fraction of sp³-hybridized carbons (Fsp3) is 0.900.